The van der Waals surface area contributed by atoms with E-state index in [1.54, 1.807) is 0 Å². The number of para-hydroxylation sites is 3. The van der Waals surface area contributed by atoms with Crippen molar-refractivity contribution in [3.63, 3.8) is 0 Å². The lowest BCUT2D eigenvalue weighted by Crippen LogP contribution is -2.42. The van der Waals surface area contributed by atoms with Crippen molar-refractivity contribution in [2.75, 3.05) is 6.61 Å². The van der Waals surface area contributed by atoms with Crippen LogP contribution in [0.5, 0.6) is 5.75 Å². The van der Waals surface area contributed by atoms with Crippen LogP contribution in [-0.2, 0) is 29.2 Å². The van der Waals surface area contributed by atoms with Crippen LogP contribution in [0.1, 0.15) is 43.5 Å². The quantitative estimate of drug-likeness (QED) is 0.322. The number of benzene rings is 3. The van der Waals surface area contributed by atoms with Crippen LogP contribution in [0.3, 0.4) is 0 Å². The number of amides is 2. The molecular formula is C31H34N4O3. The van der Waals surface area contributed by atoms with Crippen molar-refractivity contribution in [1.29, 1.82) is 0 Å². The summed E-state index contributed by atoms with van der Waals surface area (Å²) in [6, 6.07) is 27.5. The highest BCUT2D eigenvalue weighted by molar-refractivity contribution is 5.82. The predicted octanol–water partition coefficient (Wildman–Crippen LogP) is 5.09. The van der Waals surface area contributed by atoms with E-state index in [0.717, 1.165) is 42.3 Å². The second-order valence-electron chi connectivity index (χ2n) is 9.78. The number of hydrogen-bond donors (Lipinski definition) is 1. The molecule has 0 saturated heterocycles. The third-order valence-corrected chi connectivity index (χ3v) is 7.12. The first-order valence-corrected chi connectivity index (χ1v) is 13.4. The van der Waals surface area contributed by atoms with Gasteiger partial charge in [0.25, 0.3) is 5.91 Å². The Morgan fingerprint density at radius 1 is 0.895 bits per heavy atom. The fourth-order valence-corrected chi connectivity index (χ4v) is 5.15. The van der Waals surface area contributed by atoms with Crippen LogP contribution in [0.25, 0.3) is 11.0 Å². The zero-order valence-electron chi connectivity index (χ0n) is 21.6. The predicted molar refractivity (Wildman–Crippen MR) is 147 cm³/mol. The molecule has 0 atom stereocenters. The molecule has 38 heavy (non-hydrogen) atoms. The van der Waals surface area contributed by atoms with Crippen molar-refractivity contribution in [3.8, 4) is 5.75 Å². The zero-order valence-corrected chi connectivity index (χ0v) is 21.6. The van der Waals surface area contributed by atoms with Crippen LogP contribution in [0.2, 0.25) is 0 Å². The van der Waals surface area contributed by atoms with Gasteiger partial charge in [0.15, 0.2) is 6.61 Å². The molecule has 0 aliphatic heterocycles. The highest BCUT2D eigenvalue weighted by Crippen LogP contribution is 2.25. The minimum atomic E-state index is -0.244. The maximum atomic E-state index is 13.9. The Kier molecular flexibility index (Phi) is 8.33. The smallest absolute Gasteiger partial charge is 0.258 e. The molecule has 0 spiro atoms. The van der Waals surface area contributed by atoms with Gasteiger partial charge in [0.2, 0.25) is 5.91 Å². The van der Waals surface area contributed by atoms with E-state index in [4.69, 9.17) is 9.72 Å². The first-order chi connectivity index (χ1) is 18.7. The highest BCUT2D eigenvalue weighted by atomic mass is 16.5. The number of carbonyl (C=O) groups excluding carboxylic acids is 2. The topological polar surface area (TPSA) is 76.5 Å². The third kappa shape index (κ3) is 6.40. The summed E-state index contributed by atoms with van der Waals surface area (Å²) in [6.07, 6.45) is 5.61. The molecule has 1 N–H and O–H groups in total. The average Bonchev–Trinajstić information content (AvgIpc) is 3.32. The molecule has 1 aliphatic rings. The zero-order chi connectivity index (χ0) is 26.2. The standard InChI is InChI=1S/C31H34N4O3/c36-30(23-38-26-16-8-3-9-17-26)32-20-29-33-27-18-10-11-19-28(27)35(29)22-31(37)34(25-14-6-2-7-15-25)21-24-12-4-1-5-13-24/h1,3-5,8-13,16-19,25H,2,6-7,14-15,20-23H2,(H,32,36). The van der Waals surface area contributed by atoms with Gasteiger partial charge in [-0.2, -0.15) is 0 Å². The molecule has 7 nitrogen and oxygen atoms in total. The maximum absolute atomic E-state index is 13.9. The number of hydrogen-bond acceptors (Lipinski definition) is 4. The third-order valence-electron chi connectivity index (χ3n) is 7.12. The lowest BCUT2D eigenvalue weighted by Gasteiger charge is -2.35. The number of carbonyl (C=O) groups is 2. The van der Waals surface area contributed by atoms with Gasteiger partial charge in [-0.25, -0.2) is 4.98 Å². The van der Waals surface area contributed by atoms with Gasteiger partial charge in [-0.05, 0) is 42.7 Å². The molecule has 3 aromatic carbocycles. The van der Waals surface area contributed by atoms with E-state index in [2.05, 4.69) is 22.3 Å². The fourth-order valence-electron chi connectivity index (χ4n) is 5.15. The lowest BCUT2D eigenvalue weighted by molar-refractivity contribution is -0.135. The SMILES string of the molecule is O=C(COc1ccccc1)NCc1nc2ccccc2n1CC(=O)N(Cc1ccccc1)C1CCCCC1. The van der Waals surface area contributed by atoms with Crippen molar-refractivity contribution in [3.05, 3.63) is 96.3 Å². The summed E-state index contributed by atoms with van der Waals surface area (Å²) in [6.45, 7) is 0.895. The molecule has 196 valence electrons. The number of imidazole rings is 1. The second kappa shape index (κ2) is 12.4. The fraction of sp³-hybridized carbons (Fsp3) is 0.323. The minimum Gasteiger partial charge on any atom is -0.484 e. The van der Waals surface area contributed by atoms with Gasteiger partial charge in [-0.1, -0.05) is 79.9 Å². The van der Waals surface area contributed by atoms with Crippen molar-refractivity contribution in [2.24, 2.45) is 0 Å². The Balaban J connectivity index is 1.32. The molecule has 5 rings (SSSR count). The number of fused-ring (bicyclic) bond motifs is 1. The number of rotatable bonds is 10. The minimum absolute atomic E-state index is 0.0730. The van der Waals surface area contributed by atoms with Crippen LogP contribution in [0.4, 0.5) is 0 Å². The number of nitrogens with zero attached hydrogens (tertiary/aromatic N) is 3. The van der Waals surface area contributed by atoms with Crippen molar-refractivity contribution >= 4 is 22.8 Å². The molecule has 0 bridgehead atoms. The summed E-state index contributed by atoms with van der Waals surface area (Å²) in [5, 5.41) is 2.90. The van der Waals surface area contributed by atoms with Crippen LogP contribution in [-0.4, -0.2) is 38.9 Å². The molecule has 1 saturated carbocycles. The molecule has 0 unspecified atom stereocenters. The maximum Gasteiger partial charge on any atom is 0.258 e. The molecule has 1 aliphatic carbocycles. The first kappa shape index (κ1) is 25.5. The average molecular weight is 511 g/mol. The molecule has 1 fully saturated rings. The molecule has 7 heteroatoms. The molecular weight excluding hydrogens is 476 g/mol. The van der Waals surface area contributed by atoms with E-state index in [1.165, 1.54) is 6.42 Å². The molecule has 1 aromatic heterocycles. The summed E-state index contributed by atoms with van der Waals surface area (Å²) in [4.78, 5) is 33.2. The van der Waals surface area contributed by atoms with E-state index >= 15 is 0 Å². The first-order valence-electron chi connectivity index (χ1n) is 13.4. The Morgan fingerprint density at radius 3 is 2.34 bits per heavy atom. The normalized spacial score (nSPS) is 13.8. The van der Waals surface area contributed by atoms with Gasteiger partial charge >= 0.3 is 0 Å². The van der Waals surface area contributed by atoms with Crippen LogP contribution >= 0.6 is 0 Å². The molecule has 4 aromatic rings. The van der Waals surface area contributed by atoms with E-state index in [0.29, 0.717) is 18.1 Å². The van der Waals surface area contributed by atoms with Gasteiger partial charge in [0.05, 0.1) is 17.6 Å². The number of ether oxygens (including phenoxy) is 1. The van der Waals surface area contributed by atoms with Gasteiger partial charge in [0, 0.05) is 12.6 Å². The van der Waals surface area contributed by atoms with Crippen LogP contribution < -0.4 is 10.1 Å². The van der Waals surface area contributed by atoms with Gasteiger partial charge in [0.1, 0.15) is 18.1 Å². The van der Waals surface area contributed by atoms with E-state index in [9.17, 15) is 9.59 Å². The van der Waals surface area contributed by atoms with Crippen LogP contribution in [0, 0.1) is 0 Å². The molecule has 2 amide bonds. The number of aromatic nitrogens is 2. The highest BCUT2D eigenvalue weighted by Gasteiger charge is 2.27. The monoisotopic (exact) mass is 510 g/mol. The van der Waals surface area contributed by atoms with Gasteiger partial charge in [-0.3, -0.25) is 9.59 Å². The van der Waals surface area contributed by atoms with Crippen molar-refractivity contribution in [2.45, 2.75) is 57.8 Å². The number of nitrogens with one attached hydrogen (secondary N) is 1. The lowest BCUT2D eigenvalue weighted by atomic mass is 9.93. The van der Waals surface area contributed by atoms with Crippen molar-refractivity contribution in [1.82, 2.24) is 19.8 Å². The summed E-state index contributed by atoms with van der Waals surface area (Å²) >= 11 is 0. The second-order valence-corrected chi connectivity index (χ2v) is 9.78. The summed E-state index contributed by atoms with van der Waals surface area (Å²) < 4.78 is 7.51. The van der Waals surface area contributed by atoms with E-state index in [1.807, 2.05) is 77.4 Å². The van der Waals surface area contributed by atoms with Crippen molar-refractivity contribution < 1.29 is 14.3 Å². The molecule has 1 heterocycles. The molecule has 0 radical (unpaired) electrons. The van der Waals surface area contributed by atoms with Gasteiger partial charge < -0.3 is 19.5 Å². The van der Waals surface area contributed by atoms with E-state index < -0.39 is 0 Å². The Morgan fingerprint density at radius 2 is 1.58 bits per heavy atom. The van der Waals surface area contributed by atoms with Crippen LogP contribution in [0.15, 0.2) is 84.9 Å². The summed E-state index contributed by atoms with van der Waals surface area (Å²) in [5.41, 5.74) is 2.82. The largest absolute Gasteiger partial charge is 0.484 e. The van der Waals surface area contributed by atoms with E-state index in [-0.39, 0.29) is 37.6 Å². The summed E-state index contributed by atoms with van der Waals surface area (Å²) in [5.74, 6) is 1.12. The Hall–Kier alpha value is -4.13. The van der Waals surface area contributed by atoms with Gasteiger partial charge in [-0.15, -0.1) is 0 Å². The Bertz CT molecular complexity index is 1350. The summed E-state index contributed by atoms with van der Waals surface area (Å²) in [7, 11) is 0. The Labute approximate surface area is 223 Å².